The van der Waals surface area contributed by atoms with E-state index in [1.54, 1.807) is 0 Å². The second-order valence-corrected chi connectivity index (χ2v) is 12.1. The lowest BCUT2D eigenvalue weighted by atomic mass is 10.0. The first kappa shape index (κ1) is 36.0. The van der Waals surface area contributed by atoms with Crippen LogP contribution in [0.1, 0.15) is 226 Å². The lowest BCUT2D eigenvalue weighted by Gasteiger charge is -2.04. The second-order valence-electron chi connectivity index (χ2n) is 12.1. The fraction of sp³-hybridized carbons (Fsp3) is 0.972. The largest absolute Gasteiger partial charge is 0.0654 e. The predicted molar refractivity (Wildman–Crippen MR) is 168 cm³/mol. The van der Waals surface area contributed by atoms with Crippen LogP contribution in [0.4, 0.5) is 0 Å². The molecule has 0 bridgehead atoms. The van der Waals surface area contributed by atoms with Gasteiger partial charge in [0, 0.05) is 0 Å². The third-order valence-electron chi connectivity index (χ3n) is 8.27. The molecule has 0 aliphatic rings. The van der Waals surface area contributed by atoms with Gasteiger partial charge in [0.15, 0.2) is 0 Å². The van der Waals surface area contributed by atoms with E-state index in [1.807, 2.05) is 0 Å². The molecule has 0 amide bonds. The van der Waals surface area contributed by atoms with Gasteiger partial charge in [-0.05, 0) is 6.42 Å². The minimum absolute atomic E-state index is 1.37. The van der Waals surface area contributed by atoms with Gasteiger partial charge in [-0.2, -0.15) is 0 Å². The molecule has 0 aliphatic heterocycles. The van der Waals surface area contributed by atoms with E-state index in [0.29, 0.717) is 0 Å². The Morgan fingerprint density at radius 1 is 0.222 bits per heavy atom. The van der Waals surface area contributed by atoms with Crippen LogP contribution in [0.25, 0.3) is 0 Å². The summed E-state index contributed by atoms with van der Waals surface area (Å²) in [6.07, 6.45) is 50.9. The van der Waals surface area contributed by atoms with E-state index in [4.69, 9.17) is 0 Å². The van der Waals surface area contributed by atoms with Gasteiger partial charge in [-0.25, -0.2) is 0 Å². The van der Waals surface area contributed by atoms with Crippen molar-refractivity contribution in [3.05, 3.63) is 6.42 Å². The molecule has 0 rings (SSSR count). The Morgan fingerprint density at radius 3 is 0.583 bits per heavy atom. The van der Waals surface area contributed by atoms with Crippen molar-refractivity contribution in [3.63, 3.8) is 0 Å². The van der Waals surface area contributed by atoms with Crippen LogP contribution in [-0.4, -0.2) is 0 Å². The van der Waals surface area contributed by atoms with Gasteiger partial charge in [0.25, 0.3) is 0 Å². The van der Waals surface area contributed by atoms with E-state index in [9.17, 15) is 0 Å². The van der Waals surface area contributed by atoms with Crippen LogP contribution in [0.3, 0.4) is 0 Å². The molecular formula is C36H73. The summed E-state index contributed by atoms with van der Waals surface area (Å²) in [5, 5.41) is 0. The van der Waals surface area contributed by atoms with Crippen molar-refractivity contribution in [1.82, 2.24) is 0 Å². The highest BCUT2D eigenvalue weighted by molar-refractivity contribution is 4.64. The molecule has 1 radical (unpaired) electrons. The third kappa shape index (κ3) is 34.0. The van der Waals surface area contributed by atoms with Crippen LogP contribution < -0.4 is 0 Å². The Labute approximate surface area is 232 Å². The molecule has 0 heteroatoms. The topological polar surface area (TPSA) is 0 Å². The average molecular weight is 506 g/mol. The van der Waals surface area contributed by atoms with Gasteiger partial charge in [-0.1, -0.05) is 226 Å². The summed E-state index contributed by atoms with van der Waals surface area (Å²) >= 11 is 0. The summed E-state index contributed by atoms with van der Waals surface area (Å²) < 4.78 is 0. The monoisotopic (exact) mass is 506 g/mol. The molecule has 0 heterocycles. The minimum atomic E-state index is 1.37. The fourth-order valence-corrected chi connectivity index (χ4v) is 5.64. The molecule has 36 heavy (non-hydrogen) atoms. The van der Waals surface area contributed by atoms with Crippen molar-refractivity contribution in [2.24, 2.45) is 0 Å². The average Bonchev–Trinajstić information content (AvgIpc) is 2.89. The van der Waals surface area contributed by atoms with Crippen LogP contribution in [0.15, 0.2) is 0 Å². The molecule has 0 fully saturated rings. The zero-order chi connectivity index (χ0) is 26.0. The van der Waals surface area contributed by atoms with E-state index < -0.39 is 0 Å². The van der Waals surface area contributed by atoms with Crippen LogP contribution in [0.5, 0.6) is 0 Å². The summed E-state index contributed by atoms with van der Waals surface area (Å²) in [5.41, 5.74) is 0. The molecule has 0 spiro atoms. The zero-order valence-electron chi connectivity index (χ0n) is 25.9. The molecule has 0 atom stereocenters. The smallest absolute Gasteiger partial charge is 0.0386 e. The molecular weight excluding hydrogens is 432 g/mol. The molecule has 0 aliphatic carbocycles. The molecule has 0 aromatic heterocycles. The van der Waals surface area contributed by atoms with Gasteiger partial charge in [-0.15, -0.1) is 0 Å². The van der Waals surface area contributed by atoms with Crippen molar-refractivity contribution < 1.29 is 0 Å². The maximum absolute atomic E-state index is 2.58. The number of unbranched alkanes of at least 4 members (excludes halogenated alkanes) is 33. The second kappa shape index (κ2) is 35.0. The number of hydrogen-bond donors (Lipinski definition) is 0. The summed E-state index contributed by atoms with van der Waals surface area (Å²) in [6.45, 7) is 4.61. The van der Waals surface area contributed by atoms with Crippen LogP contribution in [0.2, 0.25) is 0 Å². The molecule has 0 N–H and O–H groups in total. The summed E-state index contributed by atoms with van der Waals surface area (Å²) in [6, 6.07) is 0. The lowest BCUT2D eigenvalue weighted by Crippen LogP contribution is -1.85. The maximum atomic E-state index is 2.58. The SMILES string of the molecule is CCCCCCCCCCCC[CH]CCCCCCCCCCCCCCCCCCCCCCC. The number of hydrogen-bond acceptors (Lipinski definition) is 0. The van der Waals surface area contributed by atoms with Crippen molar-refractivity contribution in [2.45, 2.75) is 226 Å². The Kier molecular flexibility index (Phi) is 35.0. The molecule has 0 aromatic rings. The highest BCUT2D eigenvalue weighted by Crippen LogP contribution is 2.16. The Hall–Kier alpha value is 0. The highest BCUT2D eigenvalue weighted by atomic mass is 14.0. The summed E-state index contributed by atoms with van der Waals surface area (Å²) in [5.74, 6) is 0. The Morgan fingerprint density at radius 2 is 0.389 bits per heavy atom. The van der Waals surface area contributed by atoms with Gasteiger partial charge >= 0.3 is 0 Å². The van der Waals surface area contributed by atoms with Crippen molar-refractivity contribution in [1.29, 1.82) is 0 Å². The van der Waals surface area contributed by atoms with E-state index in [2.05, 4.69) is 20.3 Å². The summed E-state index contributed by atoms with van der Waals surface area (Å²) in [4.78, 5) is 0. The summed E-state index contributed by atoms with van der Waals surface area (Å²) in [7, 11) is 0. The van der Waals surface area contributed by atoms with Crippen molar-refractivity contribution >= 4 is 0 Å². The first-order chi connectivity index (χ1) is 17.9. The van der Waals surface area contributed by atoms with E-state index >= 15 is 0 Å². The Balaban J connectivity index is 3.00. The first-order valence-corrected chi connectivity index (χ1v) is 17.7. The standard InChI is InChI=1S/C36H73/c1-3-5-7-9-11-13-15-17-19-21-23-25-27-29-31-33-35-36-34-32-30-28-26-24-22-20-18-16-14-12-10-8-6-4-2/h25H,3-24,26-36H2,1-2H3. The zero-order valence-corrected chi connectivity index (χ0v) is 25.9. The van der Waals surface area contributed by atoms with Gasteiger partial charge < -0.3 is 0 Å². The third-order valence-corrected chi connectivity index (χ3v) is 8.27. The minimum Gasteiger partial charge on any atom is -0.0654 e. The maximum Gasteiger partial charge on any atom is -0.0386 e. The van der Waals surface area contributed by atoms with Gasteiger partial charge in [0.05, 0.1) is 0 Å². The highest BCUT2D eigenvalue weighted by Gasteiger charge is 1.97. The van der Waals surface area contributed by atoms with Crippen LogP contribution >= 0.6 is 0 Å². The molecule has 0 aromatic carbocycles. The molecule has 0 saturated heterocycles. The van der Waals surface area contributed by atoms with Crippen LogP contribution in [0, 0.1) is 6.42 Å². The predicted octanol–water partition coefficient (Wildman–Crippen LogP) is 14.1. The van der Waals surface area contributed by atoms with Gasteiger partial charge in [0.2, 0.25) is 0 Å². The van der Waals surface area contributed by atoms with Gasteiger partial charge in [0.1, 0.15) is 0 Å². The molecule has 0 nitrogen and oxygen atoms in total. The number of rotatable bonds is 33. The Bertz CT molecular complexity index is 312. The quantitative estimate of drug-likeness (QED) is 0.0778. The normalized spacial score (nSPS) is 11.5. The van der Waals surface area contributed by atoms with Gasteiger partial charge in [-0.3, -0.25) is 0 Å². The first-order valence-electron chi connectivity index (χ1n) is 17.7. The molecule has 217 valence electrons. The fourth-order valence-electron chi connectivity index (χ4n) is 5.64. The van der Waals surface area contributed by atoms with E-state index in [1.165, 1.54) is 212 Å². The lowest BCUT2D eigenvalue weighted by molar-refractivity contribution is 0.519. The van der Waals surface area contributed by atoms with E-state index in [-0.39, 0.29) is 0 Å². The molecule has 0 unspecified atom stereocenters. The van der Waals surface area contributed by atoms with Crippen LogP contribution in [-0.2, 0) is 0 Å². The molecule has 0 saturated carbocycles. The van der Waals surface area contributed by atoms with Crippen molar-refractivity contribution in [2.75, 3.05) is 0 Å². The van der Waals surface area contributed by atoms with Crippen molar-refractivity contribution in [3.8, 4) is 0 Å². The van der Waals surface area contributed by atoms with E-state index in [0.717, 1.165) is 0 Å².